The van der Waals surface area contributed by atoms with Gasteiger partial charge in [0, 0.05) is 6.20 Å². The van der Waals surface area contributed by atoms with Crippen LogP contribution in [0, 0.1) is 6.92 Å². The van der Waals surface area contributed by atoms with E-state index in [2.05, 4.69) is 11.7 Å². The summed E-state index contributed by atoms with van der Waals surface area (Å²) in [6, 6.07) is 0. The van der Waals surface area contributed by atoms with Gasteiger partial charge in [-0.3, -0.25) is 4.68 Å². The van der Waals surface area contributed by atoms with Gasteiger partial charge in [-0.15, -0.1) is 0 Å². The Morgan fingerprint density at radius 1 is 1.59 bits per heavy atom. The summed E-state index contributed by atoms with van der Waals surface area (Å²) < 4.78 is 6.96. The van der Waals surface area contributed by atoms with Crippen LogP contribution in [0.4, 0.5) is 0 Å². The van der Waals surface area contributed by atoms with Gasteiger partial charge in [-0.05, 0) is 34.6 Å². The van der Waals surface area contributed by atoms with Gasteiger partial charge in [-0.2, -0.15) is 5.10 Å². The highest BCUT2D eigenvalue weighted by Crippen LogP contribution is 2.17. The number of rotatable bonds is 3. The summed E-state index contributed by atoms with van der Waals surface area (Å²) in [4.78, 5) is 11.9. The normalized spacial score (nSPS) is 13.2. The molecule has 0 saturated carbocycles. The van der Waals surface area contributed by atoms with Gasteiger partial charge in [0.25, 0.3) is 0 Å². The van der Waals surface area contributed by atoms with E-state index in [1.54, 1.807) is 30.8 Å². The van der Waals surface area contributed by atoms with Gasteiger partial charge in [0.1, 0.15) is 11.7 Å². The van der Waals surface area contributed by atoms with Crippen molar-refractivity contribution < 1.29 is 9.53 Å². The van der Waals surface area contributed by atoms with Gasteiger partial charge in [-0.25, -0.2) is 4.79 Å². The van der Waals surface area contributed by atoms with Crippen molar-refractivity contribution >= 4 is 5.97 Å². The summed E-state index contributed by atoms with van der Waals surface area (Å²) in [5, 5.41) is 4.33. The first kappa shape index (κ1) is 13.5. The van der Waals surface area contributed by atoms with E-state index >= 15 is 0 Å². The number of carbonyl (C=O) groups is 1. The Kier molecular flexibility index (Phi) is 3.76. The van der Waals surface area contributed by atoms with Gasteiger partial charge in [0.15, 0.2) is 0 Å². The summed E-state index contributed by atoms with van der Waals surface area (Å²) >= 11 is 0. The van der Waals surface area contributed by atoms with Crippen molar-refractivity contribution in [2.75, 3.05) is 0 Å². The quantitative estimate of drug-likeness (QED) is 0.598. The molecule has 1 heterocycles. The Balaban J connectivity index is 2.96. The maximum atomic E-state index is 11.9. The average molecular weight is 236 g/mol. The molecule has 1 atom stereocenters. The van der Waals surface area contributed by atoms with Gasteiger partial charge in [-0.1, -0.05) is 12.7 Å². The Morgan fingerprint density at radius 3 is 2.59 bits per heavy atom. The third-order valence-corrected chi connectivity index (χ3v) is 2.43. The second-order valence-corrected chi connectivity index (χ2v) is 5.09. The molecule has 1 unspecified atom stereocenters. The van der Waals surface area contributed by atoms with Crippen molar-refractivity contribution in [2.24, 2.45) is 0 Å². The van der Waals surface area contributed by atoms with Crippen molar-refractivity contribution in [3.05, 3.63) is 30.1 Å². The third-order valence-electron chi connectivity index (χ3n) is 2.43. The summed E-state index contributed by atoms with van der Waals surface area (Å²) in [6.45, 7) is 13.2. The molecule has 0 bridgehead atoms. The molecule has 1 aromatic rings. The minimum atomic E-state index is -0.356. The molecule has 0 aliphatic heterocycles. The monoisotopic (exact) mass is 236 g/mol. The molecule has 4 heteroatoms. The fraction of sp³-hybridized carbons (Fsp3) is 0.538. The molecule has 0 fully saturated rings. The van der Waals surface area contributed by atoms with Crippen molar-refractivity contribution in [3.63, 3.8) is 0 Å². The number of nitrogens with zero attached hydrogens (tertiary/aromatic N) is 2. The highest BCUT2D eigenvalue weighted by molar-refractivity contribution is 5.90. The van der Waals surface area contributed by atoms with E-state index in [1.165, 1.54) is 0 Å². The zero-order chi connectivity index (χ0) is 13.2. The molecule has 0 aromatic carbocycles. The molecule has 0 spiro atoms. The molecule has 0 N–H and O–H groups in total. The van der Waals surface area contributed by atoms with E-state index in [4.69, 9.17) is 4.74 Å². The number of esters is 1. The minimum absolute atomic E-state index is 0.145. The van der Waals surface area contributed by atoms with Gasteiger partial charge in [0.2, 0.25) is 0 Å². The number of hydrogen-bond acceptors (Lipinski definition) is 3. The molecule has 0 aliphatic carbocycles. The van der Waals surface area contributed by atoms with Gasteiger partial charge >= 0.3 is 5.97 Å². The van der Waals surface area contributed by atoms with E-state index in [0.29, 0.717) is 11.3 Å². The highest BCUT2D eigenvalue weighted by atomic mass is 16.5. The van der Waals surface area contributed by atoms with E-state index in [9.17, 15) is 4.79 Å². The number of hydrogen-bond donors (Lipinski definition) is 0. The van der Waals surface area contributed by atoms with Crippen LogP contribution in [0.1, 0.15) is 43.7 Å². The van der Waals surface area contributed by atoms with Crippen LogP contribution in [0.25, 0.3) is 0 Å². The first-order valence-corrected chi connectivity index (χ1v) is 5.66. The minimum Gasteiger partial charge on any atom is -0.455 e. The summed E-state index contributed by atoms with van der Waals surface area (Å²) in [7, 11) is 0. The zero-order valence-corrected chi connectivity index (χ0v) is 11.2. The van der Waals surface area contributed by atoms with Crippen LogP contribution in [0.2, 0.25) is 0 Å². The highest BCUT2D eigenvalue weighted by Gasteiger charge is 2.21. The van der Waals surface area contributed by atoms with Crippen LogP contribution >= 0.6 is 0 Å². The van der Waals surface area contributed by atoms with Gasteiger partial charge < -0.3 is 4.74 Å². The molecular formula is C13H20N2O2. The fourth-order valence-electron chi connectivity index (χ4n) is 1.28. The average Bonchev–Trinajstić information content (AvgIpc) is 2.59. The SMILES string of the molecule is C=CC(C)OC(=O)c1cn(C(C)(C)C)nc1C. The molecule has 4 nitrogen and oxygen atoms in total. The largest absolute Gasteiger partial charge is 0.455 e. The zero-order valence-electron chi connectivity index (χ0n) is 11.2. The molecule has 0 amide bonds. The predicted octanol–water partition coefficient (Wildman–Crippen LogP) is 2.68. The molecule has 94 valence electrons. The van der Waals surface area contributed by atoms with E-state index < -0.39 is 0 Å². The van der Waals surface area contributed by atoms with E-state index in [1.807, 2.05) is 20.8 Å². The maximum absolute atomic E-state index is 11.9. The molecule has 17 heavy (non-hydrogen) atoms. The molecule has 1 aromatic heterocycles. The Hall–Kier alpha value is -1.58. The Morgan fingerprint density at radius 2 is 2.18 bits per heavy atom. The molecule has 0 saturated heterocycles. The first-order chi connectivity index (χ1) is 7.75. The predicted molar refractivity (Wildman–Crippen MR) is 67.0 cm³/mol. The topological polar surface area (TPSA) is 44.1 Å². The Labute approximate surface area is 102 Å². The van der Waals surface area contributed by atoms with Crippen LogP contribution in [-0.4, -0.2) is 21.9 Å². The number of carbonyl (C=O) groups excluding carboxylic acids is 1. The van der Waals surface area contributed by atoms with Crippen molar-refractivity contribution in [2.45, 2.75) is 46.3 Å². The lowest BCUT2D eigenvalue weighted by Crippen LogP contribution is -2.22. The smallest absolute Gasteiger partial charge is 0.342 e. The van der Waals surface area contributed by atoms with E-state index in [-0.39, 0.29) is 17.6 Å². The summed E-state index contributed by atoms with van der Waals surface area (Å²) in [5.41, 5.74) is 1.04. The lowest BCUT2D eigenvalue weighted by molar-refractivity contribution is 0.0424. The van der Waals surface area contributed by atoms with Crippen LogP contribution in [-0.2, 0) is 10.3 Å². The standard InChI is InChI=1S/C13H20N2O2/c1-7-9(2)17-12(16)11-8-15(13(4,5)6)14-10(11)3/h7-9H,1H2,2-6H3. The second kappa shape index (κ2) is 4.73. The van der Waals surface area contributed by atoms with Crippen molar-refractivity contribution in [1.82, 2.24) is 9.78 Å². The Bertz CT molecular complexity index is 427. The second-order valence-electron chi connectivity index (χ2n) is 5.09. The first-order valence-electron chi connectivity index (χ1n) is 5.66. The molecule has 1 rings (SSSR count). The maximum Gasteiger partial charge on any atom is 0.342 e. The molecule has 0 radical (unpaired) electrons. The van der Waals surface area contributed by atoms with Crippen molar-refractivity contribution in [3.8, 4) is 0 Å². The van der Waals surface area contributed by atoms with Crippen LogP contribution in [0.5, 0.6) is 0 Å². The van der Waals surface area contributed by atoms with Crippen molar-refractivity contribution in [1.29, 1.82) is 0 Å². The molecular weight excluding hydrogens is 216 g/mol. The lowest BCUT2D eigenvalue weighted by Gasteiger charge is -2.18. The van der Waals surface area contributed by atoms with Crippen LogP contribution < -0.4 is 0 Å². The van der Waals surface area contributed by atoms with Crippen LogP contribution in [0.3, 0.4) is 0 Å². The van der Waals surface area contributed by atoms with Crippen LogP contribution in [0.15, 0.2) is 18.9 Å². The number of aryl methyl sites for hydroxylation is 1. The summed E-state index contributed by atoms with van der Waals surface area (Å²) in [6.07, 6.45) is 3.02. The fourth-order valence-corrected chi connectivity index (χ4v) is 1.28. The molecule has 0 aliphatic rings. The summed E-state index contributed by atoms with van der Waals surface area (Å²) in [5.74, 6) is -0.356. The van der Waals surface area contributed by atoms with E-state index in [0.717, 1.165) is 0 Å². The number of aromatic nitrogens is 2. The third kappa shape index (κ3) is 3.19. The lowest BCUT2D eigenvalue weighted by atomic mass is 10.1. The van der Waals surface area contributed by atoms with Gasteiger partial charge in [0.05, 0.1) is 11.2 Å². The number of ether oxygens (including phenoxy) is 1.